The van der Waals surface area contributed by atoms with Gasteiger partial charge in [-0.25, -0.2) is 9.67 Å². The van der Waals surface area contributed by atoms with Gasteiger partial charge in [0.15, 0.2) is 0 Å². The summed E-state index contributed by atoms with van der Waals surface area (Å²) < 4.78 is 2.01. The molecule has 2 heterocycles. The molecule has 0 bridgehead atoms. The van der Waals surface area contributed by atoms with Gasteiger partial charge in [-0.05, 0) is 42.9 Å². The van der Waals surface area contributed by atoms with Gasteiger partial charge in [-0.1, -0.05) is 23.7 Å². The maximum absolute atomic E-state index is 6.33. The minimum absolute atomic E-state index is 0.504. The van der Waals surface area contributed by atoms with Gasteiger partial charge in [0, 0.05) is 24.2 Å². The standard InChI is InChI=1S/C16H19ClN4/c17-15-3-1-2-14-13(15)4-5-16(14)20-8-6-12(7-9-20)21-11-18-10-19-21/h1-3,10-12,16H,4-9H2/t16-/m1/s1. The molecule has 21 heavy (non-hydrogen) atoms. The van der Waals surface area contributed by atoms with E-state index in [4.69, 9.17) is 11.6 Å². The average molecular weight is 303 g/mol. The fraction of sp³-hybridized carbons (Fsp3) is 0.500. The number of piperidine rings is 1. The maximum Gasteiger partial charge on any atom is 0.137 e. The van der Waals surface area contributed by atoms with Crippen LogP contribution in [-0.4, -0.2) is 32.8 Å². The molecule has 1 aliphatic heterocycles. The van der Waals surface area contributed by atoms with Gasteiger partial charge in [0.1, 0.15) is 12.7 Å². The third kappa shape index (κ3) is 2.36. The molecule has 4 nitrogen and oxygen atoms in total. The average Bonchev–Trinajstić information content (AvgIpc) is 3.18. The maximum atomic E-state index is 6.33. The van der Waals surface area contributed by atoms with Gasteiger partial charge >= 0.3 is 0 Å². The van der Waals surface area contributed by atoms with Crippen molar-refractivity contribution in [2.24, 2.45) is 0 Å². The molecular weight excluding hydrogens is 284 g/mol. The number of benzene rings is 1. The van der Waals surface area contributed by atoms with Gasteiger partial charge in [-0.2, -0.15) is 5.10 Å². The van der Waals surface area contributed by atoms with E-state index < -0.39 is 0 Å². The number of likely N-dealkylation sites (tertiary alicyclic amines) is 1. The lowest BCUT2D eigenvalue weighted by atomic mass is 10.0. The fourth-order valence-electron chi connectivity index (χ4n) is 3.84. The second-order valence-electron chi connectivity index (χ2n) is 6.00. The van der Waals surface area contributed by atoms with E-state index in [9.17, 15) is 0 Å². The summed E-state index contributed by atoms with van der Waals surface area (Å²) in [6, 6.07) is 7.41. The summed E-state index contributed by atoms with van der Waals surface area (Å²) in [5.41, 5.74) is 2.81. The molecule has 0 spiro atoms. The van der Waals surface area contributed by atoms with Gasteiger partial charge < -0.3 is 0 Å². The number of nitrogens with zero attached hydrogens (tertiary/aromatic N) is 4. The largest absolute Gasteiger partial charge is 0.296 e. The summed E-state index contributed by atoms with van der Waals surface area (Å²) in [7, 11) is 0. The van der Waals surface area contributed by atoms with Crippen molar-refractivity contribution in [3.63, 3.8) is 0 Å². The van der Waals surface area contributed by atoms with Crippen molar-refractivity contribution in [3.05, 3.63) is 47.0 Å². The molecular formula is C16H19ClN4. The Balaban J connectivity index is 1.47. The highest BCUT2D eigenvalue weighted by Crippen LogP contribution is 2.40. The molecule has 1 fully saturated rings. The number of hydrogen-bond acceptors (Lipinski definition) is 3. The zero-order valence-corrected chi connectivity index (χ0v) is 12.7. The van der Waals surface area contributed by atoms with Gasteiger partial charge in [-0.3, -0.25) is 4.90 Å². The van der Waals surface area contributed by atoms with Crippen molar-refractivity contribution in [3.8, 4) is 0 Å². The fourth-order valence-corrected chi connectivity index (χ4v) is 4.11. The number of halogens is 1. The van der Waals surface area contributed by atoms with E-state index >= 15 is 0 Å². The molecule has 4 rings (SSSR count). The summed E-state index contributed by atoms with van der Waals surface area (Å²) in [5.74, 6) is 0. The van der Waals surface area contributed by atoms with Crippen molar-refractivity contribution in [2.75, 3.05) is 13.1 Å². The second-order valence-corrected chi connectivity index (χ2v) is 6.41. The first-order valence-corrected chi connectivity index (χ1v) is 8.06. The van der Waals surface area contributed by atoms with E-state index in [2.05, 4.69) is 27.1 Å². The van der Waals surface area contributed by atoms with Crippen LogP contribution in [0.4, 0.5) is 0 Å². The molecule has 2 aromatic rings. The smallest absolute Gasteiger partial charge is 0.137 e. The first-order valence-electron chi connectivity index (χ1n) is 7.68. The third-order valence-electron chi connectivity index (χ3n) is 4.93. The minimum Gasteiger partial charge on any atom is -0.296 e. The van der Waals surface area contributed by atoms with Gasteiger partial charge in [0.25, 0.3) is 0 Å². The van der Waals surface area contributed by atoms with Gasteiger partial charge in [-0.15, -0.1) is 0 Å². The van der Waals surface area contributed by atoms with E-state index in [1.165, 1.54) is 17.5 Å². The van der Waals surface area contributed by atoms with Crippen LogP contribution in [0.1, 0.15) is 42.5 Å². The SMILES string of the molecule is Clc1cccc2c1CC[C@H]2N1CCC(n2cncn2)CC1. The van der Waals surface area contributed by atoms with E-state index in [1.807, 2.05) is 17.1 Å². The van der Waals surface area contributed by atoms with Crippen LogP contribution in [0.3, 0.4) is 0 Å². The summed E-state index contributed by atoms with van der Waals surface area (Å²) in [6.45, 7) is 2.25. The Morgan fingerprint density at radius 2 is 2.00 bits per heavy atom. The Hall–Kier alpha value is -1.39. The molecule has 1 atom stereocenters. The zero-order chi connectivity index (χ0) is 14.2. The first kappa shape index (κ1) is 13.3. The number of hydrogen-bond donors (Lipinski definition) is 0. The van der Waals surface area contributed by atoms with Gasteiger partial charge in [0.2, 0.25) is 0 Å². The van der Waals surface area contributed by atoms with Crippen molar-refractivity contribution >= 4 is 11.6 Å². The lowest BCUT2D eigenvalue weighted by Crippen LogP contribution is -2.36. The molecule has 1 aromatic carbocycles. The molecule has 0 unspecified atom stereocenters. The molecule has 2 aliphatic rings. The zero-order valence-electron chi connectivity index (χ0n) is 12.0. The van der Waals surface area contributed by atoms with Crippen LogP contribution < -0.4 is 0 Å². The summed E-state index contributed by atoms with van der Waals surface area (Å²) in [5, 5.41) is 5.22. The van der Waals surface area contributed by atoms with Crippen molar-refractivity contribution in [1.82, 2.24) is 19.7 Å². The summed E-state index contributed by atoms with van der Waals surface area (Å²) in [4.78, 5) is 6.68. The van der Waals surface area contributed by atoms with E-state index in [0.29, 0.717) is 12.1 Å². The Morgan fingerprint density at radius 1 is 1.14 bits per heavy atom. The van der Waals surface area contributed by atoms with Crippen LogP contribution in [0.2, 0.25) is 5.02 Å². The predicted octanol–water partition coefficient (Wildman–Crippen LogP) is 3.26. The molecule has 1 aliphatic carbocycles. The van der Waals surface area contributed by atoms with Crippen LogP contribution in [0.5, 0.6) is 0 Å². The highest BCUT2D eigenvalue weighted by Gasteiger charge is 2.32. The highest BCUT2D eigenvalue weighted by molar-refractivity contribution is 6.31. The van der Waals surface area contributed by atoms with Crippen LogP contribution in [0, 0.1) is 0 Å². The Kier molecular flexibility index (Phi) is 3.43. The second kappa shape index (κ2) is 5.43. The van der Waals surface area contributed by atoms with Crippen molar-refractivity contribution in [1.29, 1.82) is 0 Å². The van der Waals surface area contributed by atoms with Crippen LogP contribution in [-0.2, 0) is 6.42 Å². The monoisotopic (exact) mass is 302 g/mol. The van der Waals surface area contributed by atoms with Crippen molar-refractivity contribution in [2.45, 2.75) is 37.8 Å². The van der Waals surface area contributed by atoms with E-state index in [0.717, 1.165) is 37.4 Å². The Morgan fingerprint density at radius 3 is 2.76 bits per heavy atom. The van der Waals surface area contributed by atoms with Crippen LogP contribution >= 0.6 is 11.6 Å². The van der Waals surface area contributed by atoms with Gasteiger partial charge in [0.05, 0.1) is 6.04 Å². The molecule has 0 amide bonds. The predicted molar refractivity (Wildman–Crippen MR) is 82.4 cm³/mol. The topological polar surface area (TPSA) is 34.0 Å². The van der Waals surface area contributed by atoms with Crippen molar-refractivity contribution < 1.29 is 0 Å². The quantitative estimate of drug-likeness (QED) is 0.854. The van der Waals surface area contributed by atoms with E-state index in [1.54, 1.807) is 6.33 Å². The molecule has 1 saturated heterocycles. The molecule has 0 saturated carbocycles. The molecule has 1 aromatic heterocycles. The first-order chi connectivity index (χ1) is 10.3. The molecule has 0 N–H and O–H groups in total. The summed E-state index contributed by atoms with van der Waals surface area (Å²) in [6.07, 6.45) is 8.08. The molecule has 5 heteroatoms. The molecule has 0 radical (unpaired) electrons. The Bertz CT molecular complexity index is 617. The Labute approximate surface area is 129 Å². The summed E-state index contributed by atoms with van der Waals surface area (Å²) >= 11 is 6.33. The highest BCUT2D eigenvalue weighted by atomic mass is 35.5. The minimum atomic E-state index is 0.504. The normalized spacial score (nSPS) is 23.4. The van der Waals surface area contributed by atoms with Crippen LogP contribution in [0.25, 0.3) is 0 Å². The lowest BCUT2D eigenvalue weighted by molar-refractivity contribution is 0.130. The molecule has 110 valence electrons. The lowest BCUT2D eigenvalue weighted by Gasteiger charge is -2.36. The third-order valence-corrected chi connectivity index (χ3v) is 5.29. The number of rotatable bonds is 2. The van der Waals surface area contributed by atoms with E-state index in [-0.39, 0.29) is 0 Å². The number of aromatic nitrogens is 3. The number of fused-ring (bicyclic) bond motifs is 1. The van der Waals surface area contributed by atoms with Crippen LogP contribution in [0.15, 0.2) is 30.9 Å².